The molecule has 1 aliphatic heterocycles. The number of rotatable bonds is 5. The number of nitrogens with zero attached hydrogens (tertiary/aromatic N) is 1. The number of hydrogen-bond donors (Lipinski definition) is 0. The van der Waals surface area contributed by atoms with Crippen LogP contribution in [0.5, 0.6) is 11.5 Å². The first-order valence-electron chi connectivity index (χ1n) is 10.7. The van der Waals surface area contributed by atoms with E-state index in [0.29, 0.717) is 17.1 Å². The summed E-state index contributed by atoms with van der Waals surface area (Å²) < 4.78 is 18.9. The summed E-state index contributed by atoms with van der Waals surface area (Å²) in [5.74, 6) is 0.528. The second-order valence-corrected chi connectivity index (χ2v) is 8.82. The molecule has 0 bridgehead atoms. The third-order valence-corrected chi connectivity index (χ3v) is 5.17. The molecule has 2 aromatic carbocycles. The lowest BCUT2D eigenvalue weighted by Gasteiger charge is -2.19. The molecule has 1 aromatic heterocycles. The molecule has 0 radical (unpaired) electrons. The number of allylic oxidation sites excluding steroid dienone is 1. The fourth-order valence-corrected chi connectivity index (χ4v) is 3.87. The fourth-order valence-electron chi connectivity index (χ4n) is 3.87. The zero-order chi connectivity index (χ0) is 23.0. The Hall–Kier alpha value is -3.54. The average Bonchev–Trinajstić information content (AvgIpc) is 3.23. The number of carbonyl (C=O) groups is 2. The molecule has 0 spiro atoms. The van der Waals surface area contributed by atoms with Gasteiger partial charge in [-0.05, 0) is 58.4 Å². The van der Waals surface area contributed by atoms with E-state index >= 15 is 0 Å². The van der Waals surface area contributed by atoms with Crippen LogP contribution in [-0.4, -0.2) is 28.5 Å². The molecule has 1 aliphatic rings. The normalized spacial score (nSPS) is 14.5. The van der Waals surface area contributed by atoms with Crippen LogP contribution in [-0.2, 0) is 16.1 Å². The van der Waals surface area contributed by atoms with E-state index in [-0.39, 0.29) is 18.1 Å². The summed E-state index contributed by atoms with van der Waals surface area (Å²) in [6.45, 7) is 9.92. The number of fused-ring (bicyclic) bond motifs is 2. The molecule has 166 valence electrons. The Morgan fingerprint density at radius 1 is 1.19 bits per heavy atom. The van der Waals surface area contributed by atoms with Gasteiger partial charge in [-0.1, -0.05) is 18.2 Å². The molecule has 0 N–H and O–H groups in total. The Bertz CT molecular complexity index is 1240. The monoisotopic (exact) mass is 433 g/mol. The second-order valence-electron chi connectivity index (χ2n) is 8.82. The zero-order valence-electron chi connectivity index (χ0n) is 19.0. The first-order chi connectivity index (χ1) is 15.2. The first-order valence-corrected chi connectivity index (χ1v) is 10.7. The van der Waals surface area contributed by atoms with Crippen molar-refractivity contribution >= 4 is 28.7 Å². The van der Waals surface area contributed by atoms with Crippen LogP contribution in [0, 0.1) is 6.92 Å². The summed E-state index contributed by atoms with van der Waals surface area (Å²) in [6, 6.07) is 11.5. The van der Waals surface area contributed by atoms with Crippen molar-refractivity contribution in [1.82, 2.24) is 4.57 Å². The number of ketones is 1. The first kappa shape index (κ1) is 21.7. The third kappa shape index (κ3) is 4.26. The van der Waals surface area contributed by atoms with Crippen molar-refractivity contribution in [3.05, 3.63) is 65.0 Å². The van der Waals surface area contributed by atoms with Gasteiger partial charge in [-0.3, -0.25) is 4.79 Å². The van der Waals surface area contributed by atoms with Gasteiger partial charge >= 0.3 is 5.97 Å². The van der Waals surface area contributed by atoms with Crippen LogP contribution in [0.15, 0.2) is 48.4 Å². The van der Waals surface area contributed by atoms with E-state index in [2.05, 4.69) is 17.6 Å². The van der Waals surface area contributed by atoms with Gasteiger partial charge in [0.15, 0.2) is 12.4 Å². The highest BCUT2D eigenvalue weighted by molar-refractivity contribution is 6.16. The van der Waals surface area contributed by atoms with Crippen molar-refractivity contribution in [3.8, 4) is 11.5 Å². The summed E-state index contributed by atoms with van der Waals surface area (Å²) in [5, 5.41) is 1.06. The van der Waals surface area contributed by atoms with Gasteiger partial charge < -0.3 is 18.8 Å². The number of para-hydroxylation sites is 1. The van der Waals surface area contributed by atoms with Crippen molar-refractivity contribution in [2.75, 3.05) is 6.61 Å². The van der Waals surface area contributed by atoms with Crippen LogP contribution < -0.4 is 9.47 Å². The maximum absolute atomic E-state index is 13.1. The molecule has 3 aromatic rings. The van der Waals surface area contributed by atoms with Gasteiger partial charge in [0.05, 0.1) is 5.56 Å². The molecule has 0 atom stereocenters. The maximum Gasteiger partial charge on any atom is 0.344 e. The number of benzene rings is 2. The van der Waals surface area contributed by atoms with Crippen LogP contribution in [0.3, 0.4) is 0 Å². The summed E-state index contributed by atoms with van der Waals surface area (Å²) in [5.41, 5.74) is 2.70. The van der Waals surface area contributed by atoms with E-state index in [1.165, 1.54) is 0 Å². The molecular weight excluding hydrogens is 406 g/mol. The lowest BCUT2D eigenvalue weighted by molar-refractivity contribution is -0.157. The lowest BCUT2D eigenvalue weighted by atomic mass is 10.0. The summed E-state index contributed by atoms with van der Waals surface area (Å²) >= 11 is 0. The Kier molecular flexibility index (Phi) is 5.55. The second kappa shape index (κ2) is 8.19. The summed E-state index contributed by atoms with van der Waals surface area (Å²) in [4.78, 5) is 25.0. The lowest BCUT2D eigenvalue weighted by Crippen LogP contribution is -2.27. The number of esters is 1. The van der Waals surface area contributed by atoms with Crippen molar-refractivity contribution in [2.24, 2.45) is 0 Å². The number of carbonyl (C=O) groups excluding carboxylic acids is 2. The highest BCUT2D eigenvalue weighted by Crippen LogP contribution is 2.38. The summed E-state index contributed by atoms with van der Waals surface area (Å²) in [6.07, 6.45) is 3.82. The van der Waals surface area contributed by atoms with E-state index in [4.69, 9.17) is 14.2 Å². The summed E-state index contributed by atoms with van der Waals surface area (Å²) in [7, 11) is 0. The van der Waals surface area contributed by atoms with Crippen LogP contribution in [0.1, 0.15) is 49.2 Å². The molecule has 0 unspecified atom stereocenters. The van der Waals surface area contributed by atoms with E-state index in [1.807, 2.05) is 31.3 Å². The molecule has 0 aliphatic carbocycles. The highest BCUT2D eigenvalue weighted by Gasteiger charge is 2.30. The molecule has 4 rings (SSSR count). The molecule has 0 amide bonds. The van der Waals surface area contributed by atoms with Crippen LogP contribution in [0.2, 0.25) is 0 Å². The van der Waals surface area contributed by atoms with Gasteiger partial charge in [0, 0.05) is 35.3 Å². The minimum atomic E-state index is -0.579. The highest BCUT2D eigenvalue weighted by atomic mass is 16.6. The fraction of sp³-hybridized carbons (Fsp3) is 0.308. The van der Waals surface area contributed by atoms with Crippen LogP contribution >= 0.6 is 0 Å². The van der Waals surface area contributed by atoms with Crippen molar-refractivity contribution < 1.29 is 23.8 Å². The van der Waals surface area contributed by atoms with E-state index in [1.54, 1.807) is 39.0 Å². The molecule has 2 heterocycles. The van der Waals surface area contributed by atoms with Gasteiger partial charge in [0.1, 0.15) is 17.1 Å². The Morgan fingerprint density at radius 2 is 1.94 bits per heavy atom. The van der Waals surface area contributed by atoms with Crippen molar-refractivity contribution in [3.63, 3.8) is 0 Å². The molecule has 6 nitrogen and oxygen atoms in total. The SMILES string of the molecule is CCn1cc(/C=C2\Oc3cc(OCC(=O)OC(C)(C)C)cc(C)c3C2=O)c2ccccc21. The van der Waals surface area contributed by atoms with Crippen LogP contribution in [0.4, 0.5) is 0 Å². The number of Topliss-reactive ketones (excluding diaryl/α,β-unsaturated/α-hetero) is 1. The quantitative estimate of drug-likeness (QED) is 0.403. The predicted octanol–water partition coefficient (Wildman–Crippen LogP) is 5.31. The van der Waals surface area contributed by atoms with Crippen molar-refractivity contribution in [1.29, 1.82) is 0 Å². The predicted molar refractivity (Wildman–Crippen MR) is 123 cm³/mol. The Morgan fingerprint density at radius 3 is 2.66 bits per heavy atom. The smallest absolute Gasteiger partial charge is 0.344 e. The van der Waals surface area contributed by atoms with E-state index < -0.39 is 11.6 Å². The molecular formula is C26H27NO5. The number of ether oxygens (including phenoxy) is 3. The standard InChI is InChI=1S/C26H27NO5/c1-6-27-14-17(19-9-7-8-10-20(19)27)12-22-25(29)24-16(2)11-18(13-21(24)31-22)30-15-23(28)32-26(3,4)5/h7-14H,6,15H2,1-5H3/b22-12-. The largest absolute Gasteiger partial charge is 0.482 e. The molecule has 0 saturated heterocycles. The molecule has 0 fully saturated rings. The zero-order valence-corrected chi connectivity index (χ0v) is 19.0. The van der Waals surface area contributed by atoms with Crippen LogP contribution in [0.25, 0.3) is 17.0 Å². The van der Waals surface area contributed by atoms with Gasteiger partial charge in [0.25, 0.3) is 0 Å². The third-order valence-electron chi connectivity index (χ3n) is 5.17. The topological polar surface area (TPSA) is 66.8 Å². The average molecular weight is 434 g/mol. The number of aromatic nitrogens is 1. The molecule has 32 heavy (non-hydrogen) atoms. The number of aryl methyl sites for hydroxylation is 2. The van der Waals surface area contributed by atoms with E-state index in [9.17, 15) is 9.59 Å². The molecule has 6 heteroatoms. The van der Waals surface area contributed by atoms with Gasteiger partial charge in [0.2, 0.25) is 5.78 Å². The minimum Gasteiger partial charge on any atom is -0.482 e. The molecule has 0 saturated carbocycles. The van der Waals surface area contributed by atoms with Gasteiger partial charge in [-0.2, -0.15) is 0 Å². The van der Waals surface area contributed by atoms with Gasteiger partial charge in [-0.15, -0.1) is 0 Å². The van der Waals surface area contributed by atoms with Gasteiger partial charge in [-0.25, -0.2) is 4.79 Å². The van der Waals surface area contributed by atoms with Crippen molar-refractivity contribution in [2.45, 2.75) is 46.8 Å². The maximum atomic E-state index is 13.1. The Balaban J connectivity index is 1.59. The van der Waals surface area contributed by atoms with E-state index in [0.717, 1.165) is 28.6 Å². The Labute approximate surface area is 187 Å². The minimum absolute atomic E-state index is 0.162. The number of hydrogen-bond acceptors (Lipinski definition) is 5.